The average molecular weight is 414 g/mol. The van der Waals surface area contributed by atoms with E-state index in [9.17, 15) is 0 Å². The molecule has 0 saturated heterocycles. The monoisotopic (exact) mass is 414 g/mol. The van der Waals surface area contributed by atoms with Crippen molar-refractivity contribution in [3.8, 4) is 0 Å². The summed E-state index contributed by atoms with van der Waals surface area (Å²) in [5, 5.41) is 0. The topological polar surface area (TPSA) is 0 Å². The molecule has 0 spiro atoms. The molecule has 1 aliphatic carbocycles. The van der Waals surface area contributed by atoms with E-state index in [1.807, 2.05) is 91.0 Å². The molecule has 0 unspecified atom stereocenters. The Morgan fingerprint density at radius 2 is 0.862 bits per heavy atom. The van der Waals surface area contributed by atoms with Crippen LogP contribution in [0.4, 0.5) is 0 Å². The van der Waals surface area contributed by atoms with Gasteiger partial charge >= 0.3 is 21.7 Å². The Labute approximate surface area is 193 Å². The fraction of sp³-hybridized carbons (Fsp3) is 0.214. The van der Waals surface area contributed by atoms with Crippen LogP contribution < -0.4 is 0 Å². The Hall–Kier alpha value is -2.15. The van der Waals surface area contributed by atoms with E-state index < -0.39 is 0 Å². The molecule has 1 heteroatoms. The summed E-state index contributed by atoms with van der Waals surface area (Å²) in [6, 6.07) is 37.5. The van der Waals surface area contributed by atoms with E-state index in [2.05, 4.69) is 58.9 Å². The van der Waals surface area contributed by atoms with Crippen molar-refractivity contribution in [2.24, 2.45) is 5.41 Å². The summed E-state index contributed by atoms with van der Waals surface area (Å²) in [4.78, 5) is 0. The van der Waals surface area contributed by atoms with Crippen molar-refractivity contribution in [3.63, 3.8) is 0 Å². The van der Waals surface area contributed by atoms with Crippen LogP contribution in [0, 0.1) is 29.7 Å². The van der Waals surface area contributed by atoms with Crippen molar-refractivity contribution in [3.05, 3.63) is 132 Å². The van der Waals surface area contributed by atoms with Gasteiger partial charge in [-0.3, -0.25) is 6.08 Å². The second kappa shape index (κ2) is 15.7. The smallest absolute Gasteiger partial charge is 0.263 e. The molecular formula is C28H30Ti. The summed E-state index contributed by atoms with van der Waals surface area (Å²) >= 11 is 0. The number of hydrogen-bond acceptors (Lipinski definition) is 0. The third kappa shape index (κ3) is 12.1. The first kappa shape index (κ1) is 26.9. The Bertz CT molecular complexity index is 646. The predicted molar refractivity (Wildman–Crippen MR) is 120 cm³/mol. The van der Waals surface area contributed by atoms with Crippen molar-refractivity contribution in [2.75, 3.05) is 0 Å². The van der Waals surface area contributed by atoms with Crippen LogP contribution in [-0.2, 0) is 21.7 Å². The molecule has 3 aromatic rings. The number of allylic oxidation sites excluding steroid dienone is 4. The van der Waals surface area contributed by atoms with Crippen molar-refractivity contribution in [1.82, 2.24) is 0 Å². The van der Waals surface area contributed by atoms with E-state index in [0.717, 1.165) is 0 Å². The molecule has 0 fully saturated rings. The molecule has 0 N–H and O–H groups in total. The summed E-state index contributed by atoms with van der Waals surface area (Å²) in [5.41, 5.74) is 4.39. The van der Waals surface area contributed by atoms with Crippen LogP contribution in [0.1, 0.15) is 34.6 Å². The van der Waals surface area contributed by atoms with E-state index in [1.165, 1.54) is 16.7 Å². The standard InChI is InChI=1S/C10H15.3C6H5.Ti/c1-7-6-10(4,5)9(3)8(7)2;3*1-2-4-6-5-3-1;/h1-5H3;3*1-5H;/q4*-1;+4. The summed E-state index contributed by atoms with van der Waals surface area (Å²) in [6.45, 7) is 10.9. The zero-order valence-electron chi connectivity index (χ0n) is 18.2. The van der Waals surface area contributed by atoms with Gasteiger partial charge < -0.3 is 0 Å². The quantitative estimate of drug-likeness (QED) is 0.263. The average Bonchev–Trinajstić information content (AvgIpc) is 2.94. The van der Waals surface area contributed by atoms with E-state index >= 15 is 0 Å². The third-order valence-corrected chi connectivity index (χ3v) is 4.38. The number of benzene rings is 3. The van der Waals surface area contributed by atoms with Crippen LogP contribution in [0.15, 0.2) is 108 Å². The normalized spacial score (nSPS) is 13.1. The van der Waals surface area contributed by atoms with Crippen LogP contribution in [0.3, 0.4) is 0 Å². The predicted octanol–water partition coefficient (Wildman–Crippen LogP) is 7.57. The first-order chi connectivity index (χ1) is 13.4. The van der Waals surface area contributed by atoms with Gasteiger partial charge in [0.15, 0.2) is 0 Å². The van der Waals surface area contributed by atoms with Crippen molar-refractivity contribution in [2.45, 2.75) is 34.6 Å². The molecule has 0 nitrogen and oxygen atoms in total. The van der Waals surface area contributed by atoms with Crippen molar-refractivity contribution < 1.29 is 21.7 Å². The molecule has 0 saturated carbocycles. The minimum Gasteiger partial charge on any atom is -0.263 e. The van der Waals surface area contributed by atoms with E-state index in [-0.39, 0.29) is 27.1 Å². The first-order valence-corrected chi connectivity index (χ1v) is 9.48. The minimum absolute atomic E-state index is 0. The Kier molecular flexibility index (Phi) is 14.6. The van der Waals surface area contributed by atoms with Gasteiger partial charge in [0, 0.05) is 0 Å². The number of hydrogen-bond donors (Lipinski definition) is 0. The SMILES string of the molecule is CC1=[C-]C(C)(C)C(C)=C1C.[Ti+4].[c-]1ccccc1.[c-]1ccccc1.[c-]1ccccc1. The molecular weight excluding hydrogens is 384 g/mol. The first-order valence-electron chi connectivity index (χ1n) is 9.48. The number of rotatable bonds is 0. The van der Waals surface area contributed by atoms with Crippen LogP contribution in [-0.4, -0.2) is 0 Å². The van der Waals surface area contributed by atoms with Crippen LogP contribution in [0.2, 0.25) is 0 Å². The van der Waals surface area contributed by atoms with E-state index in [4.69, 9.17) is 0 Å². The van der Waals surface area contributed by atoms with Gasteiger partial charge in [0.2, 0.25) is 0 Å². The fourth-order valence-electron chi connectivity index (χ4n) is 2.43. The zero-order chi connectivity index (χ0) is 20.7. The van der Waals surface area contributed by atoms with E-state index in [0.29, 0.717) is 0 Å². The van der Waals surface area contributed by atoms with Crippen LogP contribution in [0.5, 0.6) is 0 Å². The van der Waals surface area contributed by atoms with Gasteiger partial charge in [-0.25, -0.2) is 5.57 Å². The molecule has 1 aliphatic rings. The molecule has 0 bridgehead atoms. The molecule has 0 radical (unpaired) electrons. The maximum absolute atomic E-state index is 3.44. The summed E-state index contributed by atoms with van der Waals surface area (Å²) in [7, 11) is 0. The Morgan fingerprint density at radius 3 is 0.931 bits per heavy atom. The van der Waals surface area contributed by atoms with Crippen LogP contribution in [0.25, 0.3) is 0 Å². The largest absolute Gasteiger partial charge is 4.00 e. The second-order valence-corrected chi connectivity index (χ2v) is 6.86. The Balaban J connectivity index is 0.000000366. The fourth-order valence-corrected chi connectivity index (χ4v) is 2.43. The molecule has 0 aromatic heterocycles. The summed E-state index contributed by atoms with van der Waals surface area (Å²) in [6.07, 6.45) is 3.44. The van der Waals surface area contributed by atoms with Gasteiger partial charge in [0.05, 0.1) is 0 Å². The van der Waals surface area contributed by atoms with Gasteiger partial charge in [0.1, 0.15) is 0 Å². The summed E-state index contributed by atoms with van der Waals surface area (Å²) in [5.74, 6) is 0. The van der Waals surface area contributed by atoms with Gasteiger partial charge in [-0.2, -0.15) is 120 Å². The van der Waals surface area contributed by atoms with Gasteiger partial charge in [-0.1, -0.05) is 33.1 Å². The van der Waals surface area contributed by atoms with Crippen LogP contribution >= 0.6 is 0 Å². The molecule has 0 atom stereocenters. The molecule has 3 aromatic carbocycles. The second-order valence-electron chi connectivity index (χ2n) is 6.86. The summed E-state index contributed by atoms with van der Waals surface area (Å²) < 4.78 is 0. The zero-order valence-corrected chi connectivity index (χ0v) is 19.7. The van der Waals surface area contributed by atoms with Gasteiger partial charge in [-0.15, -0.1) is 6.92 Å². The molecule has 0 aliphatic heterocycles. The Morgan fingerprint density at radius 1 is 0.552 bits per heavy atom. The molecule has 0 amide bonds. The molecule has 146 valence electrons. The maximum atomic E-state index is 3.44. The third-order valence-electron chi connectivity index (χ3n) is 4.38. The maximum Gasteiger partial charge on any atom is 4.00 e. The van der Waals surface area contributed by atoms with Crippen molar-refractivity contribution in [1.29, 1.82) is 0 Å². The van der Waals surface area contributed by atoms with E-state index in [1.54, 1.807) is 0 Å². The van der Waals surface area contributed by atoms with Gasteiger partial charge in [-0.05, 0) is 0 Å². The molecule has 29 heavy (non-hydrogen) atoms. The van der Waals surface area contributed by atoms with Crippen molar-refractivity contribution >= 4 is 0 Å². The molecule has 4 rings (SSSR count). The molecule has 0 heterocycles. The van der Waals surface area contributed by atoms with Gasteiger partial charge in [0.25, 0.3) is 0 Å². The minimum atomic E-state index is 0.